The first-order valence-corrected chi connectivity index (χ1v) is 12.5. The number of esters is 1. The standard InChI is InChI=1S/C22H23Br2N3O6/c1-10(28)25-11-2-4-12(5-3-11)26-15(29)9-33-16(30)6-7-27-21(31)17-13-8-14(18(17)22(27)32)20(24)19(13)23/h2-5,13-14,17-20H,6-9H2,1H3,(H,25,28)(H,26,29)/t13-,14-,17-,18+,19-,20+/m1/s1. The van der Waals surface area contributed by atoms with E-state index in [0.29, 0.717) is 11.4 Å². The molecule has 1 aliphatic heterocycles. The van der Waals surface area contributed by atoms with Gasteiger partial charge in [0.1, 0.15) is 0 Å². The van der Waals surface area contributed by atoms with Gasteiger partial charge in [0.2, 0.25) is 17.7 Å². The van der Waals surface area contributed by atoms with Crippen molar-refractivity contribution in [3.05, 3.63) is 24.3 Å². The molecule has 0 unspecified atom stereocenters. The number of hydrogen-bond donors (Lipinski definition) is 2. The number of carbonyl (C=O) groups excluding carboxylic acids is 5. The van der Waals surface area contributed by atoms with Crippen LogP contribution in [0.15, 0.2) is 24.3 Å². The van der Waals surface area contributed by atoms with Gasteiger partial charge in [-0.2, -0.15) is 0 Å². The average Bonchev–Trinajstić information content (AvgIpc) is 3.37. The van der Waals surface area contributed by atoms with Gasteiger partial charge < -0.3 is 15.4 Å². The number of rotatable bonds is 7. The van der Waals surface area contributed by atoms with Gasteiger partial charge >= 0.3 is 5.97 Å². The van der Waals surface area contributed by atoms with Gasteiger partial charge in [-0.05, 0) is 42.5 Å². The summed E-state index contributed by atoms with van der Waals surface area (Å²) in [6.45, 7) is 0.863. The quantitative estimate of drug-likeness (QED) is 0.288. The summed E-state index contributed by atoms with van der Waals surface area (Å²) in [6.07, 6.45) is 0.681. The summed E-state index contributed by atoms with van der Waals surface area (Å²) in [5.41, 5.74) is 1.07. The molecule has 0 aromatic heterocycles. The van der Waals surface area contributed by atoms with Gasteiger partial charge in [-0.25, -0.2) is 0 Å². The smallest absolute Gasteiger partial charge is 0.308 e. The van der Waals surface area contributed by atoms with E-state index < -0.39 is 18.5 Å². The van der Waals surface area contributed by atoms with Crippen molar-refractivity contribution in [3.63, 3.8) is 0 Å². The minimum absolute atomic E-state index is 0.0466. The Morgan fingerprint density at radius 2 is 1.48 bits per heavy atom. The lowest BCUT2D eigenvalue weighted by atomic mass is 9.81. The monoisotopic (exact) mass is 583 g/mol. The molecule has 3 fully saturated rings. The van der Waals surface area contributed by atoms with Gasteiger partial charge in [-0.1, -0.05) is 31.9 Å². The fourth-order valence-electron chi connectivity index (χ4n) is 5.09. The van der Waals surface area contributed by atoms with E-state index in [1.54, 1.807) is 24.3 Å². The van der Waals surface area contributed by atoms with Crippen molar-refractivity contribution in [3.8, 4) is 0 Å². The van der Waals surface area contributed by atoms with Gasteiger partial charge in [0.25, 0.3) is 5.91 Å². The number of fused-ring (bicyclic) bond motifs is 5. The zero-order valence-corrected chi connectivity index (χ0v) is 20.9. The Kier molecular flexibility index (Phi) is 6.90. The van der Waals surface area contributed by atoms with Crippen LogP contribution in [0, 0.1) is 23.7 Å². The highest BCUT2D eigenvalue weighted by atomic mass is 79.9. The highest BCUT2D eigenvalue weighted by molar-refractivity contribution is 9.12. The molecule has 9 nitrogen and oxygen atoms in total. The Hall–Kier alpha value is -2.27. The number of nitrogens with one attached hydrogen (secondary N) is 2. The minimum Gasteiger partial charge on any atom is -0.456 e. The van der Waals surface area contributed by atoms with Gasteiger partial charge in [0.15, 0.2) is 6.61 Å². The lowest BCUT2D eigenvalue weighted by Gasteiger charge is -2.28. The number of nitrogens with zero attached hydrogens (tertiary/aromatic N) is 1. The third-order valence-electron chi connectivity index (χ3n) is 6.47. The van der Waals surface area contributed by atoms with Gasteiger partial charge in [0.05, 0.1) is 18.3 Å². The van der Waals surface area contributed by atoms with Crippen molar-refractivity contribution in [2.75, 3.05) is 23.8 Å². The lowest BCUT2D eigenvalue weighted by molar-refractivity contribution is -0.149. The van der Waals surface area contributed by atoms with Crippen molar-refractivity contribution >= 4 is 72.8 Å². The molecule has 0 spiro atoms. The van der Waals surface area contributed by atoms with Crippen LogP contribution in [0.1, 0.15) is 19.8 Å². The maximum atomic E-state index is 12.8. The summed E-state index contributed by atoms with van der Waals surface area (Å²) >= 11 is 7.28. The number of alkyl halides is 2. The largest absolute Gasteiger partial charge is 0.456 e. The normalized spacial score (nSPS) is 29.7. The second-order valence-electron chi connectivity index (χ2n) is 8.55. The summed E-state index contributed by atoms with van der Waals surface area (Å²) in [4.78, 5) is 62.3. The van der Waals surface area contributed by atoms with Crippen LogP contribution in [0.3, 0.4) is 0 Å². The molecule has 33 heavy (non-hydrogen) atoms. The van der Waals surface area contributed by atoms with Crippen molar-refractivity contribution in [2.45, 2.75) is 29.4 Å². The topological polar surface area (TPSA) is 122 Å². The fraction of sp³-hybridized carbons (Fsp3) is 0.500. The number of carbonyl (C=O) groups is 5. The molecule has 0 radical (unpaired) electrons. The first-order chi connectivity index (χ1) is 15.7. The van der Waals surface area contributed by atoms with Crippen LogP contribution < -0.4 is 10.6 Å². The minimum atomic E-state index is -0.663. The van der Waals surface area contributed by atoms with Crippen LogP contribution in [0.4, 0.5) is 11.4 Å². The van der Waals surface area contributed by atoms with Crippen LogP contribution in [0.25, 0.3) is 0 Å². The van der Waals surface area contributed by atoms with Gasteiger partial charge in [0, 0.05) is 34.5 Å². The summed E-state index contributed by atoms with van der Waals surface area (Å²) in [7, 11) is 0. The maximum absolute atomic E-state index is 12.8. The summed E-state index contributed by atoms with van der Waals surface area (Å²) in [5.74, 6) is -2.22. The molecule has 3 aliphatic rings. The molecule has 176 valence electrons. The van der Waals surface area contributed by atoms with E-state index in [0.717, 1.165) is 6.42 Å². The highest BCUT2D eigenvalue weighted by Crippen LogP contribution is 2.60. The number of likely N-dealkylation sites (tertiary alicyclic amines) is 1. The first-order valence-electron chi connectivity index (χ1n) is 10.6. The highest BCUT2D eigenvalue weighted by Gasteiger charge is 2.66. The third-order valence-corrected chi connectivity index (χ3v) is 9.68. The fourth-order valence-corrected chi connectivity index (χ4v) is 6.96. The molecule has 2 bridgehead atoms. The van der Waals surface area contributed by atoms with Crippen LogP contribution >= 0.6 is 31.9 Å². The number of amides is 4. The second kappa shape index (κ2) is 9.54. The SMILES string of the molecule is CC(=O)Nc1ccc(NC(=O)COC(=O)CCN2C(=O)[C@@H]3[C@H]4C[C@@H]([C@H](Br)[C@@H]4Br)[C@@H]3C2=O)cc1. The van der Waals surface area contributed by atoms with E-state index in [4.69, 9.17) is 4.74 Å². The van der Waals surface area contributed by atoms with E-state index in [9.17, 15) is 24.0 Å². The molecule has 1 aromatic carbocycles. The molecule has 1 saturated heterocycles. The van der Waals surface area contributed by atoms with Crippen LogP contribution in [-0.2, 0) is 28.7 Å². The molecule has 6 atom stereocenters. The molecule has 2 N–H and O–H groups in total. The van der Waals surface area contributed by atoms with Crippen LogP contribution in [0.2, 0.25) is 0 Å². The Balaban J connectivity index is 1.22. The number of ether oxygens (including phenoxy) is 1. The summed E-state index contributed by atoms with van der Waals surface area (Å²) in [5, 5.41) is 5.20. The van der Waals surface area contributed by atoms with E-state index >= 15 is 0 Å². The lowest BCUT2D eigenvalue weighted by Crippen LogP contribution is -2.37. The molecule has 1 heterocycles. The Bertz CT molecular complexity index is 968. The predicted octanol–water partition coefficient (Wildman–Crippen LogP) is 2.29. The first kappa shape index (κ1) is 23.9. The predicted molar refractivity (Wildman–Crippen MR) is 126 cm³/mol. The van der Waals surface area contributed by atoms with Crippen LogP contribution in [-0.4, -0.2) is 57.3 Å². The molecule has 2 saturated carbocycles. The van der Waals surface area contributed by atoms with Crippen molar-refractivity contribution in [2.24, 2.45) is 23.7 Å². The molecule has 2 aliphatic carbocycles. The third kappa shape index (κ3) is 4.70. The number of anilines is 2. The van der Waals surface area contributed by atoms with E-state index in [1.807, 2.05) is 0 Å². The number of imide groups is 1. The van der Waals surface area contributed by atoms with Gasteiger partial charge in [-0.3, -0.25) is 28.9 Å². The van der Waals surface area contributed by atoms with Crippen LogP contribution in [0.5, 0.6) is 0 Å². The zero-order valence-electron chi connectivity index (χ0n) is 17.8. The summed E-state index contributed by atoms with van der Waals surface area (Å²) < 4.78 is 4.99. The molecule has 1 aromatic rings. The van der Waals surface area contributed by atoms with Crippen molar-refractivity contribution in [1.29, 1.82) is 0 Å². The molecule has 4 rings (SSSR count). The summed E-state index contributed by atoms with van der Waals surface area (Å²) in [6, 6.07) is 6.47. The van der Waals surface area contributed by atoms with E-state index in [-0.39, 0.29) is 64.0 Å². The van der Waals surface area contributed by atoms with Gasteiger partial charge in [-0.15, -0.1) is 0 Å². The Morgan fingerprint density at radius 1 is 0.970 bits per heavy atom. The van der Waals surface area contributed by atoms with Crippen molar-refractivity contribution in [1.82, 2.24) is 4.90 Å². The molecular formula is C22H23Br2N3O6. The molecular weight excluding hydrogens is 562 g/mol. The Morgan fingerprint density at radius 3 is 2.00 bits per heavy atom. The van der Waals surface area contributed by atoms with E-state index in [2.05, 4.69) is 42.5 Å². The van der Waals surface area contributed by atoms with E-state index in [1.165, 1.54) is 11.8 Å². The number of hydrogen-bond acceptors (Lipinski definition) is 6. The van der Waals surface area contributed by atoms with Crippen molar-refractivity contribution < 1.29 is 28.7 Å². The second-order valence-corrected chi connectivity index (χ2v) is 10.7. The Labute approximate surface area is 207 Å². The number of halogens is 2. The molecule has 11 heteroatoms. The molecule has 4 amide bonds. The zero-order chi connectivity index (χ0) is 23.9. The number of benzene rings is 1. The maximum Gasteiger partial charge on any atom is 0.308 e. The average molecular weight is 585 g/mol.